The van der Waals surface area contributed by atoms with Crippen LogP contribution in [0.15, 0.2) is 45.9 Å². The van der Waals surface area contributed by atoms with Crippen LogP contribution in [-0.4, -0.2) is 29.3 Å². The minimum Gasteiger partial charge on any atom is -0.325 e. The lowest BCUT2D eigenvalue weighted by atomic mass is 10.2. The van der Waals surface area contributed by atoms with Crippen molar-refractivity contribution < 1.29 is 14.4 Å². The highest BCUT2D eigenvalue weighted by molar-refractivity contribution is 9.10. The highest BCUT2D eigenvalue weighted by Gasteiger charge is 2.35. The Morgan fingerprint density at radius 3 is 2.84 bits per heavy atom. The molecule has 4 amide bonds. The van der Waals surface area contributed by atoms with Gasteiger partial charge in [-0.1, -0.05) is 12.1 Å². The summed E-state index contributed by atoms with van der Waals surface area (Å²) < 4.78 is 0.899. The van der Waals surface area contributed by atoms with E-state index in [0.717, 1.165) is 19.8 Å². The van der Waals surface area contributed by atoms with Gasteiger partial charge in [-0.2, -0.15) is 0 Å². The number of rotatable bonds is 4. The molecule has 0 spiro atoms. The highest BCUT2D eigenvalue weighted by atomic mass is 79.9. The van der Waals surface area contributed by atoms with Crippen LogP contribution in [0.2, 0.25) is 0 Å². The number of carbonyl (C=O) groups excluding carboxylic acids is 3. The topological polar surface area (TPSA) is 78.5 Å². The number of imide groups is 1. The van der Waals surface area contributed by atoms with Gasteiger partial charge >= 0.3 is 6.03 Å². The van der Waals surface area contributed by atoms with Gasteiger partial charge in [-0.15, -0.1) is 11.3 Å². The van der Waals surface area contributed by atoms with Crippen LogP contribution in [0, 0.1) is 6.92 Å². The normalized spacial score (nSPS) is 15.6. The van der Waals surface area contributed by atoms with Gasteiger partial charge in [-0.25, -0.2) is 9.69 Å². The van der Waals surface area contributed by atoms with E-state index in [0.29, 0.717) is 5.69 Å². The lowest BCUT2D eigenvalue weighted by molar-refractivity contribution is -0.127. The molecule has 2 aromatic rings. The maximum atomic E-state index is 12.4. The standard InChI is InChI=1S/C17H14BrN3O3S/c1-10-3-2-4-12(5-10)19-15(22)8-21-16(23)14(20-17(21)24)7-13-6-11(18)9-25-13/h2-7,9H,8H2,1H3,(H,19,22)(H,20,24)/b14-7+. The van der Waals surface area contributed by atoms with Crippen molar-refractivity contribution in [2.45, 2.75) is 6.92 Å². The molecule has 25 heavy (non-hydrogen) atoms. The van der Waals surface area contributed by atoms with E-state index >= 15 is 0 Å². The lowest BCUT2D eigenvalue weighted by Crippen LogP contribution is -2.38. The average molecular weight is 420 g/mol. The highest BCUT2D eigenvalue weighted by Crippen LogP contribution is 2.23. The SMILES string of the molecule is Cc1cccc(NC(=O)CN2C(=O)N/C(=C/c3cc(Br)cs3)C2=O)c1. The van der Waals surface area contributed by atoms with Crippen molar-refractivity contribution in [1.82, 2.24) is 10.2 Å². The number of halogens is 1. The lowest BCUT2D eigenvalue weighted by Gasteiger charge is -2.12. The Hall–Kier alpha value is -2.45. The summed E-state index contributed by atoms with van der Waals surface area (Å²) >= 11 is 4.77. The molecular weight excluding hydrogens is 406 g/mol. The molecule has 8 heteroatoms. The van der Waals surface area contributed by atoms with E-state index < -0.39 is 17.8 Å². The summed E-state index contributed by atoms with van der Waals surface area (Å²) in [5, 5.41) is 7.06. The van der Waals surface area contributed by atoms with E-state index in [2.05, 4.69) is 26.6 Å². The van der Waals surface area contributed by atoms with Crippen molar-refractivity contribution >= 4 is 56.9 Å². The third kappa shape index (κ3) is 4.15. The van der Waals surface area contributed by atoms with E-state index in [9.17, 15) is 14.4 Å². The number of urea groups is 1. The molecule has 0 bridgehead atoms. The zero-order chi connectivity index (χ0) is 18.0. The molecule has 3 rings (SSSR count). The van der Waals surface area contributed by atoms with Gasteiger partial charge in [0.05, 0.1) is 0 Å². The van der Waals surface area contributed by atoms with Crippen molar-refractivity contribution in [2.24, 2.45) is 0 Å². The second-order valence-corrected chi connectivity index (χ2v) is 7.32. The first-order valence-electron chi connectivity index (χ1n) is 7.37. The number of hydrogen-bond acceptors (Lipinski definition) is 4. The number of anilines is 1. The summed E-state index contributed by atoms with van der Waals surface area (Å²) in [5.41, 5.74) is 1.78. The van der Waals surface area contributed by atoms with Crippen LogP contribution in [0.4, 0.5) is 10.5 Å². The van der Waals surface area contributed by atoms with Crippen molar-refractivity contribution in [3.63, 3.8) is 0 Å². The largest absolute Gasteiger partial charge is 0.329 e. The molecule has 0 radical (unpaired) electrons. The number of amides is 4. The second kappa shape index (κ2) is 7.20. The first kappa shape index (κ1) is 17.4. The molecule has 1 fully saturated rings. The first-order valence-corrected chi connectivity index (χ1v) is 9.05. The van der Waals surface area contributed by atoms with Gasteiger partial charge in [0.15, 0.2) is 0 Å². The Morgan fingerprint density at radius 2 is 2.16 bits per heavy atom. The molecule has 0 aliphatic carbocycles. The van der Waals surface area contributed by atoms with Gasteiger partial charge in [0.25, 0.3) is 5.91 Å². The van der Waals surface area contributed by atoms with Crippen LogP contribution in [0.25, 0.3) is 6.08 Å². The van der Waals surface area contributed by atoms with Gasteiger partial charge in [0.1, 0.15) is 12.2 Å². The van der Waals surface area contributed by atoms with Crippen molar-refractivity contribution in [2.75, 3.05) is 11.9 Å². The summed E-state index contributed by atoms with van der Waals surface area (Å²) in [6.07, 6.45) is 1.59. The van der Waals surface area contributed by atoms with E-state index in [1.807, 2.05) is 36.6 Å². The summed E-state index contributed by atoms with van der Waals surface area (Å²) in [6.45, 7) is 1.57. The van der Waals surface area contributed by atoms with Gasteiger partial charge in [0, 0.05) is 20.4 Å². The molecule has 0 atom stereocenters. The predicted molar refractivity (Wildman–Crippen MR) is 100 cm³/mol. The van der Waals surface area contributed by atoms with E-state index in [1.54, 1.807) is 12.1 Å². The van der Waals surface area contributed by atoms with Crippen LogP contribution in [0.1, 0.15) is 10.4 Å². The van der Waals surface area contributed by atoms with E-state index in [1.165, 1.54) is 11.3 Å². The quantitative estimate of drug-likeness (QED) is 0.588. The van der Waals surface area contributed by atoms with Crippen LogP contribution in [0.5, 0.6) is 0 Å². The number of nitrogens with zero attached hydrogens (tertiary/aromatic N) is 1. The molecule has 0 saturated carbocycles. The molecular formula is C17H14BrN3O3S. The van der Waals surface area contributed by atoms with Gasteiger partial charge in [0.2, 0.25) is 5.91 Å². The molecule has 2 heterocycles. The van der Waals surface area contributed by atoms with Crippen LogP contribution < -0.4 is 10.6 Å². The maximum absolute atomic E-state index is 12.4. The van der Waals surface area contributed by atoms with Crippen molar-refractivity contribution in [1.29, 1.82) is 0 Å². The molecule has 128 valence electrons. The summed E-state index contributed by atoms with van der Waals surface area (Å²) in [7, 11) is 0. The Labute approximate surface area is 156 Å². The number of nitrogens with one attached hydrogen (secondary N) is 2. The van der Waals surface area contributed by atoms with Crippen molar-refractivity contribution in [3.8, 4) is 0 Å². The number of benzene rings is 1. The molecule has 6 nitrogen and oxygen atoms in total. The van der Waals surface area contributed by atoms with Gasteiger partial charge < -0.3 is 10.6 Å². The number of aryl methyl sites for hydroxylation is 1. The Bertz CT molecular complexity index is 891. The average Bonchev–Trinajstić information content (AvgIpc) is 3.06. The molecule has 1 aromatic heterocycles. The minimum atomic E-state index is -0.605. The van der Waals surface area contributed by atoms with Gasteiger partial charge in [-0.3, -0.25) is 9.59 Å². The van der Waals surface area contributed by atoms with E-state index in [4.69, 9.17) is 0 Å². The van der Waals surface area contributed by atoms with Crippen LogP contribution >= 0.6 is 27.3 Å². The van der Waals surface area contributed by atoms with Crippen LogP contribution in [-0.2, 0) is 9.59 Å². The van der Waals surface area contributed by atoms with E-state index in [-0.39, 0.29) is 12.2 Å². The number of hydrogen-bond donors (Lipinski definition) is 2. The molecule has 1 aromatic carbocycles. The number of thiophene rings is 1. The second-order valence-electron chi connectivity index (χ2n) is 5.46. The Balaban J connectivity index is 1.68. The summed E-state index contributed by atoms with van der Waals surface area (Å²) in [5.74, 6) is -0.955. The zero-order valence-electron chi connectivity index (χ0n) is 13.2. The Morgan fingerprint density at radius 1 is 1.36 bits per heavy atom. The Kier molecular flexibility index (Phi) is 5.00. The summed E-state index contributed by atoms with van der Waals surface area (Å²) in [4.78, 5) is 38.2. The number of carbonyl (C=O) groups is 3. The maximum Gasteiger partial charge on any atom is 0.329 e. The molecule has 1 saturated heterocycles. The molecule has 1 aliphatic heterocycles. The third-order valence-electron chi connectivity index (χ3n) is 3.44. The predicted octanol–water partition coefficient (Wildman–Crippen LogP) is 3.35. The monoisotopic (exact) mass is 419 g/mol. The molecule has 1 aliphatic rings. The van der Waals surface area contributed by atoms with Crippen LogP contribution in [0.3, 0.4) is 0 Å². The molecule has 2 N–H and O–H groups in total. The van der Waals surface area contributed by atoms with Gasteiger partial charge in [-0.05, 0) is 52.7 Å². The smallest absolute Gasteiger partial charge is 0.325 e. The third-order valence-corrected chi connectivity index (χ3v) is 5.08. The fourth-order valence-corrected chi connectivity index (χ4v) is 3.70. The minimum absolute atomic E-state index is 0.155. The fourth-order valence-electron chi connectivity index (χ4n) is 2.33. The van der Waals surface area contributed by atoms with Crippen molar-refractivity contribution in [3.05, 3.63) is 56.3 Å². The first-order chi connectivity index (χ1) is 11.9. The zero-order valence-corrected chi connectivity index (χ0v) is 15.6. The summed E-state index contributed by atoms with van der Waals surface area (Å²) in [6, 6.07) is 8.52. The fraction of sp³-hybridized carbons (Fsp3) is 0.118. The molecule has 0 unspecified atom stereocenters.